The normalized spacial score (nSPS) is 10.7. The molecule has 2 aromatic carbocycles. The fourth-order valence-corrected chi connectivity index (χ4v) is 3.34. The maximum atomic E-state index is 11.7. The maximum Gasteiger partial charge on any atom is 0.277 e. The molecule has 2 aromatic rings. The minimum Gasteiger partial charge on any atom is -0.506 e. The number of ether oxygens (including phenoxy) is 1. The number of nitrogens with one attached hydrogen (secondary N) is 1. The average molecular weight is 510 g/mol. The Morgan fingerprint density at radius 2 is 2.17 bits per heavy atom. The Morgan fingerprint density at radius 1 is 1.43 bits per heavy atom. The Morgan fingerprint density at radius 3 is 2.91 bits per heavy atom. The van der Waals surface area contributed by atoms with Crippen LogP contribution in [0.15, 0.2) is 46.0 Å². The summed E-state index contributed by atoms with van der Waals surface area (Å²) in [6, 6.07) is 10.3. The predicted octanol–water partition coefficient (Wildman–Crippen LogP) is 3.94. The van der Waals surface area contributed by atoms with Crippen LogP contribution in [0.2, 0.25) is 5.02 Å². The molecular formula is C15H11BrClIN2O3. The summed E-state index contributed by atoms with van der Waals surface area (Å²) in [6.07, 6.45) is 1.36. The number of hydrazone groups is 1. The van der Waals surface area contributed by atoms with Gasteiger partial charge in [0.25, 0.3) is 5.91 Å². The predicted molar refractivity (Wildman–Crippen MR) is 101 cm³/mol. The van der Waals surface area contributed by atoms with Crippen LogP contribution in [0.3, 0.4) is 0 Å². The van der Waals surface area contributed by atoms with E-state index in [0.717, 1.165) is 4.47 Å². The molecule has 0 aromatic heterocycles. The first-order valence-corrected chi connectivity index (χ1v) is 8.59. The number of hydrogen-bond donors (Lipinski definition) is 2. The van der Waals surface area contributed by atoms with Gasteiger partial charge in [0.05, 0.1) is 14.8 Å². The summed E-state index contributed by atoms with van der Waals surface area (Å²) in [4.78, 5) is 11.7. The molecule has 0 fully saturated rings. The highest BCUT2D eigenvalue weighted by atomic mass is 127. The Labute approximate surface area is 160 Å². The van der Waals surface area contributed by atoms with Crippen molar-refractivity contribution in [3.8, 4) is 11.5 Å². The lowest BCUT2D eigenvalue weighted by Gasteiger charge is -2.06. The van der Waals surface area contributed by atoms with Gasteiger partial charge < -0.3 is 9.84 Å². The van der Waals surface area contributed by atoms with Gasteiger partial charge in [0.1, 0.15) is 11.5 Å². The van der Waals surface area contributed by atoms with Crippen LogP contribution >= 0.6 is 50.1 Å². The van der Waals surface area contributed by atoms with Crippen molar-refractivity contribution in [3.05, 3.63) is 55.0 Å². The smallest absolute Gasteiger partial charge is 0.277 e. The van der Waals surface area contributed by atoms with Gasteiger partial charge in [-0.05, 0) is 46.9 Å². The quantitative estimate of drug-likeness (QED) is 0.365. The molecule has 2 rings (SSSR count). The summed E-state index contributed by atoms with van der Waals surface area (Å²) < 4.78 is 6.76. The average Bonchev–Trinajstić information content (AvgIpc) is 2.51. The lowest BCUT2D eigenvalue weighted by atomic mass is 10.2. The molecule has 8 heteroatoms. The van der Waals surface area contributed by atoms with Crippen LogP contribution in [0, 0.1) is 3.57 Å². The molecule has 0 radical (unpaired) electrons. The molecule has 0 bridgehead atoms. The molecule has 0 aliphatic rings. The topological polar surface area (TPSA) is 70.9 Å². The number of aromatic hydroxyl groups is 1. The minimum absolute atomic E-state index is 0.0964. The van der Waals surface area contributed by atoms with Gasteiger partial charge in [0.15, 0.2) is 6.61 Å². The molecule has 0 aliphatic carbocycles. The van der Waals surface area contributed by atoms with E-state index >= 15 is 0 Å². The zero-order valence-corrected chi connectivity index (χ0v) is 16.1. The van der Waals surface area contributed by atoms with Gasteiger partial charge in [-0.2, -0.15) is 5.10 Å². The number of benzene rings is 2. The zero-order chi connectivity index (χ0) is 16.8. The number of phenolic OH excluding ortho intramolecular Hbond substituents is 1. The Kier molecular flexibility index (Phi) is 6.67. The Hall–Kier alpha value is -1.32. The van der Waals surface area contributed by atoms with Gasteiger partial charge in [0.2, 0.25) is 0 Å². The molecule has 0 spiro atoms. The number of carbonyl (C=O) groups is 1. The van der Waals surface area contributed by atoms with Crippen LogP contribution in [0.5, 0.6) is 11.5 Å². The van der Waals surface area contributed by atoms with Gasteiger partial charge in [-0.15, -0.1) is 0 Å². The molecule has 0 atom stereocenters. The van der Waals surface area contributed by atoms with Crippen LogP contribution in [-0.2, 0) is 4.79 Å². The van der Waals surface area contributed by atoms with E-state index in [0.29, 0.717) is 19.9 Å². The number of nitrogens with zero attached hydrogens (tertiary/aromatic N) is 1. The zero-order valence-electron chi connectivity index (χ0n) is 11.6. The highest BCUT2D eigenvalue weighted by molar-refractivity contribution is 14.1. The molecular weight excluding hydrogens is 498 g/mol. The summed E-state index contributed by atoms with van der Waals surface area (Å²) in [5, 5.41) is 14.1. The van der Waals surface area contributed by atoms with Crippen LogP contribution in [0.1, 0.15) is 5.56 Å². The molecule has 2 N–H and O–H groups in total. The first-order chi connectivity index (χ1) is 11.0. The highest BCUT2D eigenvalue weighted by Crippen LogP contribution is 2.27. The second-order valence-corrected chi connectivity index (χ2v) is 6.82. The second kappa shape index (κ2) is 8.51. The van der Waals surface area contributed by atoms with Crippen molar-refractivity contribution >= 4 is 62.2 Å². The van der Waals surface area contributed by atoms with Gasteiger partial charge in [-0.3, -0.25) is 4.79 Å². The fraction of sp³-hybridized carbons (Fsp3) is 0.0667. The van der Waals surface area contributed by atoms with Gasteiger partial charge >= 0.3 is 0 Å². The van der Waals surface area contributed by atoms with Crippen molar-refractivity contribution < 1.29 is 14.6 Å². The third-order valence-corrected chi connectivity index (χ3v) is 4.24. The molecule has 23 heavy (non-hydrogen) atoms. The lowest BCUT2D eigenvalue weighted by molar-refractivity contribution is -0.123. The molecule has 0 heterocycles. The third kappa shape index (κ3) is 5.36. The maximum absolute atomic E-state index is 11.7. The van der Waals surface area contributed by atoms with E-state index in [9.17, 15) is 9.90 Å². The molecule has 1 amide bonds. The summed E-state index contributed by atoms with van der Waals surface area (Å²) >= 11 is 11.2. The van der Waals surface area contributed by atoms with Crippen molar-refractivity contribution in [1.29, 1.82) is 0 Å². The van der Waals surface area contributed by atoms with Crippen LogP contribution in [0.25, 0.3) is 0 Å². The second-order valence-electron chi connectivity index (χ2n) is 4.34. The number of carbonyl (C=O) groups excluding carboxylic acids is 1. The van der Waals surface area contributed by atoms with Gasteiger partial charge in [0, 0.05) is 10.0 Å². The number of hydrogen-bond acceptors (Lipinski definition) is 4. The van der Waals surface area contributed by atoms with Crippen molar-refractivity contribution in [3.63, 3.8) is 0 Å². The van der Waals surface area contributed by atoms with Crippen LogP contribution in [0.4, 0.5) is 0 Å². The number of halogens is 3. The Bertz CT molecular complexity index is 755. The summed E-state index contributed by atoms with van der Waals surface area (Å²) in [5.41, 5.74) is 2.80. The molecule has 0 aliphatic heterocycles. The fourth-order valence-electron chi connectivity index (χ4n) is 1.60. The largest absolute Gasteiger partial charge is 0.506 e. The number of para-hydroxylation sites is 1. The number of rotatable bonds is 5. The molecule has 120 valence electrons. The van der Waals surface area contributed by atoms with Crippen LogP contribution < -0.4 is 10.2 Å². The lowest BCUT2D eigenvalue weighted by Crippen LogP contribution is -2.24. The SMILES string of the molecule is O=C(COc1ccccc1Cl)NN=Cc1cc(Br)cc(I)c1O. The van der Waals surface area contributed by atoms with Crippen molar-refractivity contribution in [2.45, 2.75) is 0 Å². The number of phenols is 1. The Balaban J connectivity index is 1.91. The summed E-state index contributed by atoms with van der Waals surface area (Å²) in [7, 11) is 0. The van der Waals surface area contributed by atoms with Crippen molar-refractivity contribution in [2.24, 2.45) is 5.10 Å². The first kappa shape index (κ1) is 18.0. The molecule has 0 saturated carbocycles. The molecule has 0 unspecified atom stereocenters. The van der Waals surface area contributed by atoms with E-state index in [1.807, 2.05) is 22.6 Å². The summed E-state index contributed by atoms with van der Waals surface area (Å²) in [6.45, 7) is -0.219. The van der Waals surface area contributed by atoms with E-state index in [2.05, 4.69) is 26.5 Å². The highest BCUT2D eigenvalue weighted by Gasteiger charge is 2.06. The molecule has 0 saturated heterocycles. The van der Waals surface area contributed by atoms with E-state index in [-0.39, 0.29) is 12.4 Å². The monoisotopic (exact) mass is 508 g/mol. The summed E-state index contributed by atoms with van der Waals surface area (Å²) in [5.74, 6) is 0.0805. The van der Waals surface area contributed by atoms with E-state index in [1.165, 1.54) is 6.21 Å². The molecule has 5 nitrogen and oxygen atoms in total. The first-order valence-electron chi connectivity index (χ1n) is 6.34. The third-order valence-electron chi connectivity index (χ3n) is 2.65. The minimum atomic E-state index is -0.439. The van der Waals surface area contributed by atoms with Crippen molar-refractivity contribution in [2.75, 3.05) is 6.61 Å². The standard InChI is InChI=1S/C15H11BrClIN2O3/c16-10-5-9(15(22)12(18)6-10)7-19-20-14(21)8-23-13-4-2-1-3-11(13)17/h1-7,22H,8H2,(H,20,21). The van der Waals surface area contributed by atoms with Crippen LogP contribution in [-0.4, -0.2) is 23.8 Å². The van der Waals surface area contributed by atoms with Gasteiger partial charge in [-0.25, -0.2) is 5.43 Å². The van der Waals surface area contributed by atoms with E-state index < -0.39 is 5.91 Å². The number of amides is 1. The van der Waals surface area contributed by atoms with E-state index in [1.54, 1.807) is 36.4 Å². The van der Waals surface area contributed by atoms with Gasteiger partial charge in [-0.1, -0.05) is 39.7 Å². The van der Waals surface area contributed by atoms with Crippen molar-refractivity contribution in [1.82, 2.24) is 5.43 Å². The van der Waals surface area contributed by atoms with E-state index in [4.69, 9.17) is 16.3 Å².